The second-order valence-corrected chi connectivity index (χ2v) is 8.17. The summed E-state index contributed by atoms with van der Waals surface area (Å²) in [5.74, 6) is -0.656. The number of H-pyrrole nitrogens is 1. The number of aromatic amines is 1. The number of hydrogen-bond acceptors (Lipinski definition) is 7. The van der Waals surface area contributed by atoms with Crippen molar-refractivity contribution >= 4 is 29.7 Å². The molecule has 1 fully saturated rings. The third-order valence-corrected chi connectivity index (χ3v) is 5.67. The van der Waals surface area contributed by atoms with Gasteiger partial charge < -0.3 is 15.0 Å². The quantitative estimate of drug-likeness (QED) is 0.581. The molecule has 0 aliphatic carbocycles. The Morgan fingerprint density at radius 2 is 2.18 bits per heavy atom. The summed E-state index contributed by atoms with van der Waals surface area (Å²) in [5.41, 5.74) is 4.14. The molecule has 2 amide bonds. The van der Waals surface area contributed by atoms with Crippen LogP contribution in [0.4, 0.5) is 20.6 Å². The summed E-state index contributed by atoms with van der Waals surface area (Å²) in [7, 11) is 0. The van der Waals surface area contributed by atoms with Gasteiger partial charge in [-0.05, 0) is 41.5 Å². The van der Waals surface area contributed by atoms with Gasteiger partial charge in [-0.15, -0.1) is 0 Å². The number of ether oxygens (including phenoxy) is 1. The summed E-state index contributed by atoms with van der Waals surface area (Å²) < 4.78 is 20.4. The molecule has 11 heteroatoms. The third-order valence-electron chi connectivity index (χ3n) is 5.67. The Balaban J connectivity index is 1.32. The number of fused-ring (bicyclic) bond motifs is 1. The van der Waals surface area contributed by atoms with Crippen molar-refractivity contribution in [3.05, 3.63) is 59.7 Å². The number of nitrogens with one attached hydrogen (secondary N) is 2. The molecule has 0 saturated carbocycles. The molecule has 34 heavy (non-hydrogen) atoms. The molecule has 2 N–H and O–H groups in total. The van der Waals surface area contributed by atoms with Crippen LogP contribution in [0.15, 0.2) is 47.6 Å². The van der Waals surface area contributed by atoms with Gasteiger partial charge in [0, 0.05) is 19.0 Å². The molecule has 2 aliphatic heterocycles. The molecule has 174 valence electrons. The van der Waals surface area contributed by atoms with Crippen LogP contribution in [0.1, 0.15) is 18.2 Å². The Labute approximate surface area is 194 Å². The molecule has 0 spiro atoms. The van der Waals surface area contributed by atoms with E-state index in [2.05, 4.69) is 25.7 Å². The van der Waals surface area contributed by atoms with Crippen molar-refractivity contribution in [3.8, 4) is 11.1 Å². The SMILES string of the molecule is CC(=O)NC[C@H]1CN(c2ccc(-c3ccc4c(c3)CN(Cc3cn[nH]n3)C=N4)c(F)c2)C(=O)O1. The minimum atomic E-state index is -0.568. The van der Waals surface area contributed by atoms with Gasteiger partial charge in [0.25, 0.3) is 0 Å². The lowest BCUT2D eigenvalue weighted by atomic mass is 10.00. The third kappa shape index (κ3) is 4.45. The van der Waals surface area contributed by atoms with Crippen LogP contribution < -0.4 is 10.2 Å². The lowest BCUT2D eigenvalue weighted by Crippen LogP contribution is -2.33. The second-order valence-electron chi connectivity index (χ2n) is 8.17. The molecule has 0 radical (unpaired) electrons. The molecule has 3 heterocycles. The van der Waals surface area contributed by atoms with Crippen molar-refractivity contribution in [2.45, 2.75) is 26.1 Å². The number of nitrogens with zero attached hydrogens (tertiary/aromatic N) is 5. The highest BCUT2D eigenvalue weighted by molar-refractivity contribution is 5.90. The number of hydrogen-bond donors (Lipinski definition) is 2. The van der Waals surface area contributed by atoms with E-state index >= 15 is 4.39 Å². The van der Waals surface area contributed by atoms with Crippen LogP contribution in [0.2, 0.25) is 0 Å². The van der Waals surface area contributed by atoms with Crippen molar-refractivity contribution in [1.29, 1.82) is 0 Å². The van der Waals surface area contributed by atoms with E-state index in [1.54, 1.807) is 24.7 Å². The molecule has 3 aromatic rings. The fraction of sp³-hybridized carbons (Fsp3) is 0.261. The second kappa shape index (κ2) is 8.93. The lowest BCUT2D eigenvalue weighted by molar-refractivity contribution is -0.119. The van der Waals surface area contributed by atoms with Gasteiger partial charge >= 0.3 is 6.09 Å². The van der Waals surface area contributed by atoms with Crippen LogP contribution in [-0.4, -0.2) is 57.8 Å². The highest BCUT2D eigenvalue weighted by Crippen LogP contribution is 2.33. The van der Waals surface area contributed by atoms with Crippen molar-refractivity contribution in [3.63, 3.8) is 0 Å². The van der Waals surface area contributed by atoms with Gasteiger partial charge in [-0.1, -0.05) is 6.07 Å². The summed E-state index contributed by atoms with van der Waals surface area (Å²) in [4.78, 5) is 31.2. The van der Waals surface area contributed by atoms with Crippen molar-refractivity contribution in [2.24, 2.45) is 4.99 Å². The molecule has 0 bridgehead atoms. The molecule has 2 aliphatic rings. The molecule has 2 aromatic carbocycles. The van der Waals surface area contributed by atoms with Gasteiger partial charge in [0.05, 0.1) is 43.5 Å². The van der Waals surface area contributed by atoms with E-state index in [0.29, 0.717) is 29.9 Å². The van der Waals surface area contributed by atoms with Crippen LogP contribution in [0.5, 0.6) is 0 Å². The molecule has 0 unspecified atom stereocenters. The summed E-state index contributed by atoms with van der Waals surface area (Å²) in [5, 5.41) is 13.1. The first-order chi connectivity index (χ1) is 16.5. The zero-order valence-corrected chi connectivity index (χ0v) is 18.4. The summed E-state index contributed by atoms with van der Waals surface area (Å²) in [6, 6.07) is 10.3. The van der Waals surface area contributed by atoms with E-state index in [1.165, 1.54) is 17.9 Å². The van der Waals surface area contributed by atoms with Crippen molar-refractivity contribution < 1.29 is 18.7 Å². The Bertz CT molecular complexity index is 1260. The Hall–Kier alpha value is -4.28. The van der Waals surface area contributed by atoms with E-state index in [-0.39, 0.29) is 19.0 Å². The zero-order valence-electron chi connectivity index (χ0n) is 18.4. The largest absolute Gasteiger partial charge is 0.442 e. The van der Waals surface area contributed by atoms with Crippen molar-refractivity contribution in [1.82, 2.24) is 25.6 Å². The smallest absolute Gasteiger partial charge is 0.414 e. The zero-order chi connectivity index (χ0) is 23.7. The Morgan fingerprint density at radius 1 is 1.29 bits per heavy atom. The van der Waals surface area contributed by atoms with E-state index < -0.39 is 18.0 Å². The standard InChI is InChI=1S/C23H22FN7O3/c1-14(32)25-9-19-12-31(23(33)34-19)18-3-4-20(21(24)7-18)15-2-5-22-16(6-15)10-30(13-26-22)11-17-8-27-29-28-17/h2-8,13,19H,9-12H2,1H3,(H,25,32)(H,27,28,29)/t19-/m0/s1. The number of anilines is 1. The fourth-order valence-electron chi connectivity index (χ4n) is 4.02. The molecule has 1 aromatic heterocycles. The average molecular weight is 463 g/mol. The maximum Gasteiger partial charge on any atom is 0.414 e. The van der Waals surface area contributed by atoms with E-state index in [4.69, 9.17) is 4.74 Å². The van der Waals surface area contributed by atoms with Crippen LogP contribution >= 0.6 is 0 Å². The molecule has 10 nitrogen and oxygen atoms in total. The highest BCUT2D eigenvalue weighted by atomic mass is 19.1. The number of aromatic nitrogens is 3. The molecule has 5 rings (SSSR count). The normalized spacial score (nSPS) is 17.0. The lowest BCUT2D eigenvalue weighted by Gasteiger charge is -2.24. The molecular weight excluding hydrogens is 441 g/mol. The number of carbonyl (C=O) groups is 2. The number of benzene rings is 2. The molecular formula is C23H22FN7O3. The monoisotopic (exact) mass is 463 g/mol. The van der Waals surface area contributed by atoms with Crippen LogP contribution in [-0.2, 0) is 22.6 Å². The first kappa shape index (κ1) is 21.6. The minimum absolute atomic E-state index is 0.207. The first-order valence-corrected chi connectivity index (χ1v) is 10.7. The van der Waals surface area contributed by atoms with E-state index in [0.717, 1.165) is 16.9 Å². The number of carbonyl (C=O) groups excluding carboxylic acids is 2. The number of amides is 2. The van der Waals surface area contributed by atoms with Gasteiger partial charge in [-0.3, -0.25) is 9.69 Å². The number of cyclic esters (lactones) is 1. The van der Waals surface area contributed by atoms with Gasteiger partial charge in [0.15, 0.2) is 0 Å². The maximum absolute atomic E-state index is 15.1. The average Bonchev–Trinajstić information content (AvgIpc) is 3.46. The van der Waals surface area contributed by atoms with Crippen LogP contribution in [0, 0.1) is 5.82 Å². The first-order valence-electron chi connectivity index (χ1n) is 10.7. The fourth-order valence-corrected chi connectivity index (χ4v) is 4.02. The Morgan fingerprint density at radius 3 is 2.94 bits per heavy atom. The van der Waals surface area contributed by atoms with Crippen LogP contribution in [0.25, 0.3) is 11.1 Å². The predicted molar refractivity (Wildman–Crippen MR) is 122 cm³/mol. The molecule has 1 atom stereocenters. The van der Waals surface area contributed by atoms with E-state index in [9.17, 15) is 9.59 Å². The number of halogens is 1. The van der Waals surface area contributed by atoms with Gasteiger partial charge in [-0.25, -0.2) is 14.2 Å². The number of rotatable bonds is 6. The predicted octanol–water partition coefficient (Wildman–Crippen LogP) is 2.75. The summed E-state index contributed by atoms with van der Waals surface area (Å²) in [6.07, 6.45) is 2.37. The summed E-state index contributed by atoms with van der Waals surface area (Å²) in [6.45, 7) is 3.00. The van der Waals surface area contributed by atoms with E-state index in [1.807, 2.05) is 23.1 Å². The number of aliphatic imine (C=N–C) groups is 1. The van der Waals surface area contributed by atoms with Gasteiger partial charge in [0.2, 0.25) is 5.91 Å². The highest BCUT2D eigenvalue weighted by Gasteiger charge is 2.32. The van der Waals surface area contributed by atoms with Crippen LogP contribution in [0.3, 0.4) is 0 Å². The minimum Gasteiger partial charge on any atom is -0.442 e. The molecule has 1 saturated heterocycles. The maximum atomic E-state index is 15.1. The van der Waals surface area contributed by atoms with Gasteiger partial charge in [-0.2, -0.15) is 15.4 Å². The van der Waals surface area contributed by atoms with Crippen molar-refractivity contribution in [2.75, 3.05) is 18.0 Å². The summed E-state index contributed by atoms with van der Waals surface area (Å²) >= 11 is 0. The topological polar surface area (TPSA) is 116 Å². The van der Waals surface area contributed by atoms with Gasteiger partial charge in [0.1, 0.15) is 17.6 Å². The Kier molecular flexibility index (Phi) is 5.66.